The van der Waals surface area contributed by atoms with Crippen LogP contribution < -0.4 is 10.1 Å². The highest BCUT2D eigenvalue weighted by atomic mass is 19.1. The van der Waals surface area contributed by atoms with E-state index in [2.05, 4.69) is 16.5 Å². The molecule has 0 unspecified atom stereocenters. The van der Waals surface area contributed by atoms with E-state index < -0.39 is 0 Å². The molecule has 0 saturated heterocycles. The number of rotatable bonds is 7. The van der Waals surface area contributed by atoms with Gasteiger partial charge in [-0.15, -0.1) is 0 Å². The van der Waals surface area contributed by atoms with Crippen LogP contribution in [0, 0.1) is 5.82 Å². The molecule has 0 aliphatic carbocycles. The number of nitrogens with one attached hydrogen (secondary N) is 1. The molecule has 9 heteroatoms. The van der Waals surface area contributed by atoms with Gasteiger partial charge in [-0.3, -0.25) is 9.36 Å². The van der Waals surface area contributed by atoms with Crippen molar-refractivity contribution in [2.45, 2.75) is 13.1 Å². The monoisotopic (exact) mass is 448 g/mol. The summed E-state index contributed by atoms with van der Waals surface area (Å²) in [5.41, 5.74) is 5.84. The van der Waals surface area contributed by atoms with Crippen molar-refractivity contribution in [3.8, 4) is 39.5 Å². The SMILES string of the molecule is COCCOc1cc(F)ccc1-c1ccc(-c2cnn(C)c2)nc1-c1cc2n(n1)CCNC2. The van der Waals surface area contributed by atoms with Crippen molar-refractivity contribution in [1.82, 2.24) is 29.9 Å². The number of aromatic nitrogens is 5. The second-order valence-corrected chi connectivity index (χ2v) is 7.90. The topological polar surface area (TPSA) is 79.0 Å². The lowest BCUT2D eigenvalue weighted by Gasteiger charge is -2.15. The van der Waals surface area contributed by atoms with E-state index in [0.717, 1.165) is 53.4 Å². The molecule has 1 aliphatic rings. The molecule has 170 valence electrons. The highest BCUT2D eigenvalue weighted by molar-refractivity contribution is 5.84. The van der Waals surface area contributed by atoms with Gasteiger partial charge in [0.2, 0.25) is 0 Å². The standard InChI is InChI=1S/C24H25FN6O2/c1-30-15-16(13-27-30)21-6-5-20(19-4-3-17(25)11-23(19)33-10-9-32-2)24(28-21)22-12-18-14-26-7-8-31(18)29-22/h3-6,11-13,15,26H,7-10,14H2,1-2H3. The Morgan fingerprint density at radius 1 is 1.09 bits per heavy atom. The molecule has 0 bridgehead atoms. The Morgan fingerprint density at radius 3 is 2.76 bits per heavy atom. The van der Waals surface area contributed by atoms with E-state index in [1.54, 1.807) is 24.1 Å². The molecule has 1 aromatic carbocycles. The summed E-state index contributed by atoms with van der Waals surface area (Å²) in [6.45, 7) is 3.15. The summed E-state index contributed by atoms with van der Waals surface area (Å²) >= 11 is 0. The molecule has 33 heavy (non-hydrogen) atoms. The van der Waals surface area contributed by atoms with Crippen LogP contribution >= 0.6 is 0 Å². The van der Waals surface area contributed by atoms with E-state index >= 15 is 0 Å². The average molecular weight is 449 g/mol. The Kier molecular flexibility index (Phi) is 5.89. The van der Waals surface area contributed by atoms with Crippen molar-refractivity contribution in [2.24, 2.45) is 7.05 Å². The van der Waals surface area contributed by atoms with Gasteiger partial charge in [0.05, 0.1) is 36.4 Å². The maximum atomic E-state index is 14.1. The number of halogens is 1. The molecule has 4 aromatic rings. The van der Waals surface area contributed by atoms with Gasteiger partial charge in [-0.1, -0.05) is 0 Å². The summed E-state index contributed by atoms with van der Waals surface area (Å²) in [4.78, 5) is 4.98. The molecule has 1 N–H and O–H groups in total. The van der Waals surface area contributed by atoms with Gasteiger partial charge in [0.25, 0.3) is 0 Å². The molecule has 0 spiro atoms. The fourth-order valence-corrected chi connectivity index (χ4v) is 3.97. The van der Waals surface area contributed by atoms with Gasteiger partial charge < -0.3 is 14.8 Å². The van der Waals surface area contributed by atoms with Crippen molar-refractivity contribution >= 4 is 0 Å². The maximum Gasteiger partial charge on any atom is 0.130 e. The van der Waals surface area contributed by atoms with Crippen molar-refractivity contribution in [3.63, 3.8) is 0 Å². The van der Waals surface area contributed by atoms with E-state index in [1.165, 1.54) is 12.1 Å². The summed E-state index contributed by atoms with van der Waals surface area (Å²) in [7, 11) is 3.47. The van der Waals surface area contributed by atoms with Gasteiger partial charge in [0, 0.05) is 56.2 Å². The first-order valence-corrected chi connectivity index (χ1v) is 10.8. The van der Waals surface area contributed by atoms with E-state index in [-0.39, 0.29) is 5.82 Å². The van der Waals surface area contributed by atoms with E-state index in [9.17, 15) is 4.39 Å². The number of fused-ring (bicyclic) bond motifs is 1. The smallest absolute Gasteiger partial charge is 0.130 e. The van der Waals surface area contributed by atoms with Gasteiger partial charge in [0.1, 0.15) is 23.9 Å². The number of ether oxygens (including phenoxy) is 2. The van der Waals surface area contributed by atoms with Crippen LogP contribution in [0.25, 0.3) is 33.8 Å². The van der Waals surface area contributed by atoms with Crippen LogP contribution in [0.4, 0.5) is 4.39 Å². The molecule has 1 aliphatic heterocycles. The fourth-order valence-electron chi connectivity index (χ4n) is 3.97. The lowest BCUT2D eigenvalue weighted by atomic mass is 9.99. The number of hydrogen-bond donors (Lipinski definition) is 1. The summed E-state index contributed by atoms with van der Waals surface area (Å²) in [6, 6.07) is 10.5. The van der Waals surface area contributed by atoms with Crippen molar-refractivity contribution in [2.75, 3.05) is 26.9 Å². The zero-order chi connectivity index (χ0) is 22.8. The first kappa shape index (κ1) is 21.3. The molecule has 4 heterocycles. The van der Waals surface area contributed by atoms with Crippen molar-refractivity contribution in [3.05, 3.63) is 60.3 Å². The number of hydrogen-bond acceptors (Lipinski definition) is 6. The van der Waals surface area contributed by atoms with Crippen LogP contribution in [-0.2, 0) is 24.9 Å². The predicted molar refractivity (Wildman–Crippen MR) is 122 cm³/mol. The second kappa shape index (κ2) is 9.13. The fraction of sp³-hybridized carbons (Fsp3) is 0.292. The third-order valence-electron chi connectivity index (χ3n) is 5.59. The first-order chi connectivity index (χ1) is 16.1. The van der Waals surface area contributed by atoms with Gasteiger partial charge >= 0.3 is 0 Å². The Morgan fingerprint density at radius 2 is 1.97 bits per heavy atom. The van der Waals surface area contributed by atoms with Crippen LogP contribution in [0.5, 0.6) is 5.75 Å². The minimum atomic E-state index is -0.365. The molecule has 3 aromatic heterocycles. The van der Waals surface area contributed by atoms with Gasteiger partial charge in [-0.2, -0.15) is 10.2 Å². The van der Waals surface area contributed by atoms with Crippen molar-refractivity contribution in [1.29, 1.82) is 0 Å². The van der Waals surface area contributed by atoms with Crippen LogP contribution in [0.3, 0.4) is 0 Å². The molecular weight excluding hydrogens is 423 g/mol. The van der Waals surface area contributed by atoms with Crippen molar-refractivity contribution < 1.29 is 13.9 Å². The van der Waals surface area contributed by atoms with E-state index in [0.29, 0.717) is 24.7 Å². The van der Waals surface area contributed by atoms with E-state index in [1.807, 2.05) is 30.1 Å². The highest BCUT2D eigenvalue weighted by Gasteiger charge is 2.20. The molecule has 8 nitrogen and oxygen atoms in total. The summed E-state index contributed by atoms with van der Waals surface area (Å²) < 4.78 is 28.8. The molecule has 5 rings (SSSR count). The third kappa shape index (κ3) is 4.37. The first-order valence-electron chi connectivity index (χ1n) is 10.8. The minimum absolute atomic E-state index is 0.313. The van der Waals surface area contributed by atoms with Gasteiger partial charge in [0.15, 0.2) is 0 Å². The van der Waals surface area contributed by atoms with Crippen LogP contribution in [0.2, 0.25) is 0 Å². The predicted octanol–water partition coefficient (Wildman–Crippen LogP) is 3.28. The molecule has 0 amide bonds. The zero-order valence-corrected chi connectivity index (χ0v) is 18.6. The lowest BCUT2D eigenvalue weighted by Crippen LogP contribution is -2.28. The van der Waals surface area contributed by atoms with Crippen LogP contribution in [0.15, 0.2) is 48.8 Å². The Balaban J connectivity index is 1.65. The van der Waals surface area contributed by atoms with Crippen LogP contribution in [-0.4, -0.2) is 51.4 Å². The molecule has 0 saturated carbocycles. The van der Waals surface area contributed by atoms with Gasteiger partial charge in [-0.05, 0) is 30.3 Å². The number of methoxy groups -OCH3 is 1. The molecule has 0 radical (unpaired) electrons. The normalized spacial score (nSPS) is 13.2. The summed E-state index contributed by atoms with van der Waals surface area (Å²) in [6.07, 6.45) is 3.70. The molecular formula is C24H25FN6O2. The second-order valence-electron chi connectivity index (χ2n) is 7.90. The zero-order valence-electron chi connectivity index (χ0n) is 18.6. The number of pyridine rings is 1. The van der Waals surface area contributed by atoms with Crippen LogP contribution in [0.1, 0.15) is 5.69 Å². The molecule has 0 fully saturated rings. The average Bonchev–Trinajstić information content (AvgIpc) is 3.45. The number of aryl methyl sites for hydroxylation is 1. The largest absolute Gasteiger partial charge is 0.490 e. The Bertz CT molecular complexity index is 1260. The number of nitrogens with zero attached hydrogens (tertiary/aromatic N) is 5. The minimum Gasteiger partial charge on any atom is -0.490 e. The summed E-state index contributed by atoms with van der Waals surface area (Å²) in [5, 5.41) is 12.5. The Hall–Kier alpha value is -3.56. The maximum absolute atomic E-state index is 14.1. The highest BCUT2D eigenvalue weighted by Crippen LogP contribution is 2.38. The number of benzene rings is 1. The van der Waals surface area contributed by atoms with Gasteiger partial charge in [-0.25, -0.2) is 9.37 Å². The lowest BCUT2D eigenvalue weighted by molar-refractivity contribution is 0.146. The molecule has 0 atom stereocenters. The Labute approximate surface area is 191 Å². The summed E-state index contributed by atoms with van der Waals surface area (Å²) in [5.74, 6) is 0.0750. The van der Waals surface area contributed by atoms with E-state index in [4.69, 9.17) is 19.6 Å². The quantitative estimate of drug-likeness (QED) is 0.437. The third-order valence-corrected chi connectivity index (χ3v) is 5.59.